The van der Waals surface area contributed by atoms with Crippen molar-refractivity contribution in [2.75, 3.05) is 6.61 Å². The third kappa shape index (κ3) is 44.2. The van der Waals surface area contributed by atoms with Gasteiger partial charge in [-0.25, -0.2) is 0 Å². The van der Waals surface area contributed by atoms with Gasteiger partial charge in [-0.05, 0) is 83.5 Å². The first-order valence-corrected chi connectivity index (χ1v) is 24.1. The Morgan fingerprint density at radius 1 is 0.431 bits per heavy atom. The Morgan fingerprint density at radius 2 is 0.776 bits per heavy atom. The number of hydrogen-bond donors (Lipinski definition) is 3. The minimum Gasteiger partial charge on any atom is -0.394 e. The minimum atomic E-state index is -0.909. The lowest BCUT2D eigenvalue weighted by Crippen LogP contribution is -2.45. The highest BCUT2D eigenvalue weighted by Gasteiger charge is 2.17. The van der Waals surface area contributed by atoms with Crippen LogP contribution in [0.5, 0.6) is 0 Å². The van der Waals surface area contributed by atoms with Gasteiger partial charge >= 0.3 is 0 Å². The van der Waals surface area contributed by atoms with E-state index < -0.39 is 12.1 Å². The molecule has 0 fully saturated rings. The summed E-state index contributed by atoms with van der Waals surface area (Å²) in [6.07, 6.45) is 73.7. The first-order valence-electron chi connectivity index (χ1n) is 24.1. The maximum absolute atomic E-state index is 12.4. The number of allylic oxidation sites excluding steroid dienone is 17. The van der Waals surface area contributed by atoms with Crippen molar-refractivity contribution in [3.05, 3.63) is 109 Å². The zero-order chi connectivity index (χ0) is 42.1. The first kappa shape index (κ1) is 55.1. The summed E-state index contributed by atoms with van der Waals surface area (Å²) in [4.78, 5) is 12.4. The predicted molar refractivity (Wildman–Crippen MR) is 257 cm³/mol. The Kier molecular flexibility index (Phi) is 46.0. The highest BCUT2D eigenvalue weighted by Crippen LogP contribution is 2.14. The van der Waals surface area contributed by atoms with Crippen molar-refractivity contribution in [1.82, 2.24) is 5.32 Å². The zero-order valence-electron chi connectivity index (χ0n) is 37.8. The van der Waals surface area contributed by atoms with Crippen LogP contribution in [0, 0.1) is 0 Å². The van der Waals surface area contributed by atoms with Crippen molar-refractivity contribution in [2.45, 2.75) is 219 Å². The van der Waals surface area contributed by atoms with Gasteiger partial charge in [-0.2, -0.15) is 0 Å². The SMILES string of the molecule is CC/C=C\C/C=C\C/C=C\C/C=C\C/C=C\C/C=C\CCC(=O)NC(CO)C(O)/C=C/CC/C=C/CC/C=C/CCCCCCCCCCCCCCCCCCC. The monoisotopic (exact) mass is 802 g/mol. The van der Waals surface area contributed by atoms with Crippen molar-refractivity contribution < 1.29 is 15.0 Å². The van der Waals surface area contributed by atoms with Crippen LogP contribution in [0.4, 0.5) is 0 Å². The summed E-state index contributed by atoms with van der Waals surface area (Å²) in [5, 5.41) is 23.0. The van der Waals surface area contributed by atoms with Crippen LogP contribution in [-0.4, -0.2) is 34.9 Å². The molecule has 330 valence electrons. The lowest BCUT2D eigenvalue weighted by Gasteiger charge is -2.19. The van der Waals surface area contributed by atoms with Crippen LogP contribution in [0.25, 0.3) is 0 Å². The van der Waals surface area contributed by atoms with Gasteiger partial charge in [0, 0.05) is 6.42 Å². The maximum atomic E-state index is 12.4. The molecule has 4 heteroatoms. The second-order valence-electron chi connectivity index (χ2n) is 15.8. The molecule has 0 aromatic heterocycles. The average Bonchev–Trinajstić information content (AvgIpc) is 3.23. The van der Waals surface area contributed by atoms with E-state index in [2.05, 4.69) is 110 Å². The lowest BCUT2D eigenvalue weighted by molar-refractivity contribution is -0.122. The number of aliphatic hydroxyl groups is 2. The zero-order valence-corrected chi connectivity index (χ0v) is 37.8. The van der Waals surface area contributed by atoms with E-state index in [0.717, 1.165) is 64.2 Å². The molecule has 0 saturated carbocycles. The molecule has 1 amide bonds. The molecule has 2 unspecified atom stereocenters. The van der Waals surface area contributed by atoms with Gasteiger partial charge in [0.1, 0.15) is 0 Å². The number of rotatable bonds is 42. The van der Waals surface area contributed by atoms with Gasteiger partial charge in [0.25, 0.3) is 0 Å². The summed E-state index contributed by atoms with van der Waals surface area (Å²) in [6.45, 7) is 4.14. The average molecular weight is 802 g/mol. The third-order valence-electron chi connectivity index (χ3n) is 10.2. The standard InChI is InChI=1S/C54H91NO3/c1-3-5-7-9-11-13-15-17-19-21-23-24-25-26-27-28-29-30-32-33-35-37-39-41-43-45-47-49-53(57)52(51-56)55-54(58)50-48-46-44-42-40-38-36-34-31-22-20-18-16-14-12-10-8-6-4-2/h6,8,12,14,18,20,31-34,38-41,44,46-47,49,52-53,56-57H,3-5,7,9-11,13,15-17,19,21-30,35-37,42-43,45,48,50-51H2,1-2H3,(H,55,58)/b8-6-,14-12-,20-18-,33-32+,34-31-,40-38-,41-39+,46-44-,49-47+. The Bertz CT molecular complexity index is 1140. The van der Waals surface area contributed by atoms with Gasteiger partial charge in [0.05, 0.1) is 18.8 Å². The van der Waals surface area contributed by atoms with Crippen LogP contribution in [0.15, 0.2) is 109 Å². The fraction of sp³-hybridized carbons (Fsp3) is 0.648. The lowest BCUT2D eigenvalue weighted by atomic mass is 10.0. The highest BCUT2D eigenvalue weighted by molar-refractivity contribution is 5.76. The van der Waals surface area contributed by atoms with Gasteiger partial charge in [0.15, 0.2) is 0 Å². The van der Waals surface area contributed by atoms with E-state index in [1.807, 2.05) is 12.2 Å². The van der Waals surface area contributed by atoms with Gasteiger partial charge in [-0.15, -0.1) is 0 Å². The maximum Gasteiger partial charge on any atom is 0.220 e. The van der Waals surface area contributed by atoms with Gasteiger partial charge in [-0.3, -0.25) is 4.79 Å². The molecule has 2 atom stereocenters. The Labute approximate surface area is 359 Å². The summed E-state index contributed by atoms with van der Waals surface area (Å²) < 4.78 is 0. The number of amides is 1. The minimum absolute atomic E-state index is 0.164. The molecule has 0 aliphatic carbocycles. The van der Waals surface area contributed by atoms with Crippen molar-refractivity contribution >= 4 is 5.91 Å². The number of carbonyl (C=O) groups is 1. The van der Waals surface area contributed by atoms with Gasteiger partial charge in [-0.1, -0.05) is 226 Å². The number of hydrogen-bond acceptors (Lipinski definition) is 3. The van der Waals surface area contributed by atoms with Crippen molar-refractivity contribution in [1.29, 1.82) is 0 Å². The first-order chi connectivity index (χ1) is 28.7. The molecule has 0 bridgehead atoms. The summed E-state index contributed by atoms with van der Waals surface area (Å²) >= 11 is 0. The molecule has 0 aromatic carbocycles. The molecule has 0 heterocycles. The third-order valence-corrected chi connectivity index (χ3v) is 10.2. The van der Waals surface area contributed by atoms with Crippen molar-refractivity contribution in [3.8, 4) is 0 Å². The largest absolute Gasteiger partial charge is 0.394 e. The predicted octanol–water partition coefficient (Wildman–Crippen LogP) is 15.6. The molecule has 0 aromatic rings. The Balaban J connectivity index is 3.74. The molecule has 3 N–H and O–H groups in total. The molecule has 0 aliphatic rings. The number of aliphatic hydroxyl groups excluding tert-OH is 2. The fourth-order valence-corrected chi connectivity index (χ4v) is 6.59. The molecule has 0 aliphatic heterocycles. The number of nitrogens with one attached hydrogen (secondary N) is 1. The van der Waals surface area contributed by atoms with Crippen molar-refractivity contribution in [3.63, 3.8) is 0 Å². The van der Waals surface area contributed by atoms with E-state index in [-0.39, 0.29) is 12.5 Å². The van der Waals surface area contributed by atoms with Crippen LogP contribution in [-0.2, 0) is 4.79 Å². The Morgan fingerprint density at radius 3 is 1.19 bits per heavy atom. The van der Waals surface area contributed by atoms with Crippen LogP contribution >= 0.6 is 0 Å². The van der Waals surface area contributed by atoms with Crippen molar-refractivity contribution in [2.24, 2.45) is 0 Å². The molecular weight excluding hydrogens is 711 g/mol. The summed E-state index contributed by atoms with van der Waals surface area (Å²) in [5.74, 6) is -0.164. The van der Waals surface area contributed by atoms with E-state index in [9.17, 15) is 15.0 Å². The molecule has 0 rings (SSSR count). The fourth-order valence-electron chi connectivity index (χ4n) is 6.59. The summed E-state index contributed by atoms with van der Waals surface area (Å²) in [7, 11) is 0. The molecule has 4 nitrogen and oxygen atoms in total. The van der Waals surface area contributed by atoms with Gasteiger partial charge in [0.2, 0.25) is 5.91 Å². The van der Waals surface area contributed by atoms with E-state index in [1.54, 1.807) is 6.08 Å². The van der Waals surface area contributed by atoms with E-state index in [0.29, 0.717) is 12.8 Å². The normalized spacial score (nSPS) is 13.9. The molecule has 0 radical (unpaired) electrons. The van der Waals surface area contributed by atoms with E-state index in [4.69, 9.17) is 0 Å². The quantitative estimate of drug-likeness (QED) is 0.0425. The molecule has 0 saturated heterocycles. The highest BCUT2D eigenvalue weighted by atomic mass is 16.3. The van der Waals surface area contributed by atoms with E-state index >= 15 is 0 Å². The van der Waals surface area contributed by atoms with Crippen LogP contribution in [0.1, 0.15) is 206 Å². The molecular formula is C54H91NO3. The molecule has 0 spiro atoms. The van der Waals surface area contributed by atoms with Crippen LogP contribution in [0.3, 0.4) is 0 Å². The second-order valence-corrected chi connectivity index (χ2v) is 15.8. The number of unbranched alkanes of at least 4 members (excludes halogenated alkanes) is 19. The van der Waals surface area contributed by atoms with E-state index in [1.165, 1.54) is 116 Å². The Hall–Kier alpha value is -2.95. The van der Waals surface area contributed by atoms with Crippen LogP contribution in [0.2, 0.25) is 0 Å². The molecule has 58 heavy (non-hydrogen) atoms. The second kappa shape index (κ2) is 48.4. The van der Waals surface area contributed by atoms with Crippen LogP contribution < -0.4 is 5.32 Å². The smallest absolute Gasteiger partial charge is 0.220 e. The van der Waals surface area contributed by atoms with Gasteiger partial charge < -0.3 is 15.5 Å². The summed E-state index contributed by atoms with van der Waals surface area (Å²) in [5.41, 5.74) is 0. The topological polar surface area (TPSA) is 69.6 Å². The summed E-state index contributed by atoms with van der Waals surface area (Å²) in [6, 6.07) is -0.694. The number of carbonyl (C=O) groups excluding carboxylic acids is 1.